The predicted octanol–water partition coefficient (Wildman–Crippen LogP) is 1.62. The van der Waals surface area contributed by atoms with E-state index in [1.807, 2.05) is 60.7 Å². The molecular formula is C20H20O7. The molecule has 2 N–H and O–H groups in total. The molecule has 0 amide bonds. The van der Waals surface area contributed by atoms with Crippen LogP contribution in [0.5, 0.6) is 0 Å². The number of hydrogen-bond donors (Lipinski definition) is 2. The van der Waals surface area contributed by atoms with E-state index in [4.69, 9.17) is 23.7 Å². The molecule has 2 aromatic carbocycles. The van der Waals surface area contributed by atoms with Gasteiger partial charge in [-0.25, -0.2) is 0 Å². The van der Waals surface area contributed by atoms with E-state index in [2.05, 4.69) is 0 Å². The summed E-state index contributed by atoms with van der Waals surface area (Å²) in [6, 6.07) is 18.8. The normalized spacial score (nSPS) is 41.0. The number of ether oxygens (including phenoxy) is 5. The monoisotopic (exact) mass is 372 g/mol. The van der Waals surface area contributed by atoms with E-state index >= 15 is 0 Å². The van der Waals surface area contributed by atoms with Gasteiger partial charge < -0.3 is 33.9 Å². The van der Waals surface area contributed by atoms with Gasteiger partial charge in [0.05, 0.1) is 0 Å². The summed E-state index contributed by atoms with van der Waals surface area (Å²) in [5.41, 5.74) is 1.61. The largest absolute Gasteiger partial charge is 0.361 e. The molecular weight excluding hydrogens is 352 g/mol. The lowest BCUT2D eigenvalue weighted by Gasteiger charge is -2.40. The number of aliphatic hydroxyl groups is 2. The summed E-state index contributed by atoms with van der Waals surface area (Å²) < 4.78 is 28.8. The summed E-state index contributed by atoms with van der Waals surface area (Å²) in [4.78, 5) is 0. The lowest BCUT2D eigenvalue weighted by Crippen LogP contribution is -2.55. The van der Waals surface area contributed by atoms with Crippen LogP contribution in [0.1, 0.15) is 23.7 Å². The first-order chi connectivity index (χ1) is 13.1. The molecule has 27 heavy (non-hydrogen) atoms. The minimum absolute atomic E-state index is 0.157. The second kappa shape index (κ2) is 6.35. The number of fused-ring (bicyclic) bond motifs is 3. The molecule has 6 atom stereocenters. The SMILES string of the molecule is O[C@]12COC(c3ccccc3)OC1[C@@H]1OC(c3ccccc3)OC[C@]1(O)O2. The fraction of sp³-hybridized carbons (Fsp3) is 0.400. The van der Waals surface area contributed by atoms with E-state index in [0.717, 1.165) is 11.1 Å². The molecule has 7 heteroatoms. The fourth-order valence-corrected chi connectivity index (χ4v) is 3.78. The third-order valence-electron chi connectivity index (χ3n) is 5.08. The predicted molar refractivity (Wildman–Crippen MR) is 91.0 cm³/mol. The maximum absolute atomic E-state index is 10.9. The molecule has 142 valence electrons. The molecule has 5 rings (SSSR count). The molecule has 0 radical (unpaired) electrons. The van der Waals surface area contributed by atoms with Gasteiger partial charge in [-0.1, -0.05) is 60.7 Å². The van der Waals surface area contributed by atoms with Gasteiger partial charge in [0.1, 0.15) is 25.4 Å². The highest BCUT2D eigenvalue weighted by atomic mass is 16.8. The van der Waals surface area contributed by atoms with E-state index < -0.39 is 36.4 Å². The molecule has 0 saturated carbocycles. The van der Waals surface area contributed by atoms with Crippen LogP contribution in [-0.2, 0) is 23.7 Å². The van der Waals surface area contributed by atoms with Gasteiger partial charge in [0.25, 0.3) is 0 Å². The molecule has 0 bridgehead atoms. The fourth-order valence-electron chi connectivity index (χ4n) is 3.78. The average molecular weight is 372 g/mol. The van der Waals surface area contributed by atoms with E-state index in [9.17, 15) is 10.2 Å². The van der Waals surface area contributed by atoms with E-state index in [0.29, 0.717) is 0 Å². The topological polar surface area (TPSA) is 86.6 Å². The molecule has 3 aliphatic rings. The summed E-state index contributed by atoms with van der Waals surface area (Å²) in [7, 11) is 0. The Kier molecular flexibility index (Phi) is 4.06. The van der Waals surface area contributed by atoms with Gasteiger partial charge in [-0.2, -0.15) is 0 Å². The van der Waals surface area contributed by atoms with Gasteiger partial charge in [0.15, 0.2) is 12.6 Å². The van der Waals surface area contributed by atoms with Crippen molar-refractivity contribution >= 4 is 0 Å². The van der Waals surface area contributed by atoms with Crippen molar-refractivity contribution in [3.63, 3.8) is 0 Å². The van der Waals surface area contributed by atoms with Gasteiger partial charge in [-0.3, -0.25) is 0 Å². The minimum Gasteiger partial charge on any atom is -0.361 e. The highest BCUT2D eigenvalue weighted by Crippen LogP contribution is 2.48. The van der Waals surface area contributed by atoms with Crippen LogP contribution in [0.3, 0.4) is 0 Å². The summed E-state index contributed by atoms with van der Waals surface area (Å²) in [5.74, 6) is -3.64. The van der Waals surface area contributed by atoms with Crippen LogP contribution in [0.4, 0.5) is 0 Å². The van der Waals surface area contributed by atoms with Crippen molar-refractivity contribution in [1.82, 2.24) is 0 Å². The second-order valence-corrected chi connectivity index (χ2v) is 7.01. The molecule has 3 unspecified atom stereocenters. The molecule has 2 aromatic rings. The maximum atomic E-state index is 10.9. The number of rotatable bonds is 2. The molecule has 0 aliphatic carbocycles. The first-order valence-electron chi connectivity index (χ1n) is 8.86. The van der Waals surface area contributed by atoms with Gasteiger partial charge in [-0.05, 0) is 0 Å². The van der Waals surface area contributed by atoms with Crippen molar-refractivity contribution in [3.8, 4) is 0 Å². The highest BCUT2D eigenvalue weighted by molar-refractivity contribution is 5.19. The van der Waals surface area contributed by atoms with Crippen molar-refractivity contribution in [3.05, 3.63) is 71.8 Å². The van der Waals surface area contributed by atoms with Crippen LogP contribution >= 0.6 is 0 Å². The lowest BCUT2D eigenvalue weighted by molar-refractivity contribution is -0.383. The Morgan fingerprint density at radius 1 is 0.667 bits per heavy atom. The Morgan fingerprint density at radius 2 is 1.07 bits per heavy atom. The molecule has 0 spiro atoms. The lowest BCUT2D eigenvalue weighted by atomic mass is 10.0. The average Bonchev–Trinajstić information content (AvgIpc) is 2.94. The molecule has 3 aliphatic heterocycles. The van der Waals surface area contributed by atoms with Crippen LogP contribution < -0.4 is 0 Å². The van der Waals surface area contributed by atoms with Gasteiger partial charge in [-0.15, -0.1) is 0 Å². The first kappa shape index (κ1) is 17.3. The molecule has 0 aromatic heterocycles. The van der Waals surface area contributed by atoms with Crippen LogP contribution in [0.25, 0.3) is 0 Å². The van der Waals surface area contributed by atoms with Gasteiger partial charge in [0, 0.05) is 11.1 Å². The van der Waals surface area contributed by atoms with E-state index in [1.54, 1.807) is 0 Å². The highest BCUT2D eigenvalue weighted by Gasteiger charge is 2.68. The Bertz CT molecular complexity index is 733. The maximum Gasteiger partial charge on any atom is 0.222 e. The Balaban J connectivity index is 1.42. The minimum atomic E-state index is -1.82. The third-order valence-corrected chi connectivity index (χ3v) is 5.08. The Hall–Kier alpha value is -1.84. The summed E-state index contributed by atoms with van der Waals surface area (Å²) in [6.45, 7) is -0.315. The standard InChI is InChI=1S/C20H20O7/c21-19-11-23-17(13-7-3-1-4-8-13)25-15(19)16-20(22,27-19)12-24-18(26-16)14-9-5-2-6-10-14/h1-10,15-18,21-22H,11-12H2/t15-,16?,17?,18?,19-,20-/m0/s1. The summed E-state index contributed by atoms with van der Waals surface area (Å²) in [5, 5.41) is 21.7. The van der Waals surface area contributed by atoms with Crippen molar-refractivity contribution in [1.29, 1.82) is 0 Å². The summed E-state index contributed by atoms with van der Waals surface area (Å²) in [6.07, 6.45) is -3.25. The zero-order valence-corrected chi connectivity index (χ0v) is 14.4. The Labute approximate surface area is 156 Å². The van der Waals surface area contributed by atoms with Crippen LogP contribution in [0.2, 0.25) is 0 Å². The van der Waals surface area contributed by atoms with Crippen molar-refractivity contribution in [2.24, 2.45) is 0 Å². The molecule has 3 fully saturated rings. The molecule has 3 saturated heterocycles. The Morgan fingerprint density at radius 3 is 1.48 bits per heavy atom. The van der Waals surface area contributed by atoms with Crippen molar-refractivity contribution in [2.75, 3.05) is 13.2 Å². The van der Waals surface area contributed by atoms with Gasteiger partial charge >= 0.3 is 0 Å². The molecule has 7 nitrogen and oxygen atoms in total. The second-order valence-electron chi connectivity index (χ2n) is 7.01. The summed E-state index contributed by atoms with van der Waals surface area (Å²) >= 11 is 0. The zero-order valence-electron chi connectivity index (χ0n) is 14.4. The van der Waals surface area contributed by atoms with Crippen LogP contribution in [-0.4, -0.2) is 47.2 Å². The number of benzene rings is 2. The quantitative estimate of drug-likeness (QED) is 0.828. The third kappa shape index (κ3) is 2.88. The van der Waals surface area contributed by atoms with Gasteiger partial charge in [0.2, 0.25) is 11.6 Å². The zero-order chi connectivity index (χ0) is 18.5. The first-order valence-corrected chi connectivity index (χ1v) is 8.86. The van der Waals surface area contributed by atoms with Crippen LogP contribution in [0, 0.1) is 0 Å². The van der Waals surface area contributed by atoms with Crippen molar-refractivity contribution < 1.29 is 33.9 Å². The van der Waals surface area contributed by atoms with Crippen LogP contribution in [0.15, 0.2) is 60.7 Å². The van der Waals surface area contributed by atoms with E-state index in [-0.39, 0.29) is 13.2 Å². The smallest absolute Gasteiger partial charge is 0.222 e. The number of hydrogen-bond acceptors (Lipinski definition) is 7. The van der Waals surface area contributed by atoms with Crippen molar-refractivity contribution in [2.45, 2.75) is 36.4 Å². The molecule has 3 heterocycles. The van der Waals surface area contributed by atoms with E-state index in [1.165, 1.54) is 0 Å².